The lowest BCUT2D eigenvalue weighted by molar-refractivity contribution is -0.142. The number of rotatable bonds is 4. The highest BCUT2D eigenvalue weighted by atomic mass is 19.1. The van der Waals surface area contributed by atoms with Crippen molar-refractivity contribution in [3.05, 3.63) is 48.2 Å². The van der Waals surface area contributed by atoms with Crippen molar-refractivity contribution in [1.82, 2.24) is 14.9 Å². The van der Waals surface area contributed by atoms with Crippen LogP contribution in [0.15, 0.2) is 36.7 Å². The average Bonchev–Trinajstić information content (AvgIpc) is 3.25. The number of piperidine rings is 1. The summed E-state index contributed by atoms with van der Waals surface area (Å²) >= 11 is 0. The number of hydrogen-bond acceptors (Lipinski definition) is 5. The van der Waals surface area contributed by atoms with Crippen molar-refractivity contribution in [3.63, 3.8) is 0 Å². The Bertz CT molecular complexity index is 785. The van der Waals surface area contributed by atoms with Crippen molar-refractivity contribution in [3.8, 4) is 11.6 Å². The van der Waals surface area contributed by atoms with Crippen molar-refractivity contribution in [2.24, 2.45) is 0 Å². The second-order valence-corrected chi connectivity index (χ2v) is 6.90. The van der Waals surface area contributed by atoms with E-state index in [4.69, 9.17) is 9.47 Å². The molecule has 1 amide bonds. The van der Waals surface area contributed by atoms with Crippen molar-refractivity contribution >= 4 is 5.91 Å². The van der Waals surface area contributed by atoms with E-state index in [1.54, 1.807) is 24.5 Å². The van der Waals surface area contributed by atoms with Gasteiger partial charge in [0.2, 0.25) is 5.88 Å². The Labute approximate surface area is 157 Å². The maximum Gasteiger partial charge on any atom is 0.251 e. The van der Waals surface area contributed by atoms with Crippen LogP contribution in [0.3, 0.4) is 0 Å². The molecule has 142 valence electrons. The normalized spacial score (nSPS) is 20.6. The zero-order valence-electron chi connectivity index (χ0n) is 15.0. The summed E-state index contributed by atoms with van der Waals surface area (Å²) < 4.78 is 24.4. The molecule has 2 saturated heterocycles. The van der Waals surface area contributed by atoms with Gasteiger partial charge < -0.3 is 14.4 Å². The van der Waals surface area contributed by atoms with Gasteiger partial charge in [0.25, 0.3) is 5.91 Å². The summed E-state index contributed by atoms with van der Waals surface area (Å²) in [6, 6.07) is 5.83. The molecule has 0 spiro atoms. The molecular formula is C20H22FN3O3. The Hall–Kier alpha value is -2.54. The molecule has 2 aliphatic heterocycles. The second kappa shape index (κ2) is 8.00. The Morgan fingerprint density at radius 3 is 2.56 bits per heavy atom. The van der Waals surface area contributed by atoms with Gasteiger partial charge in [-0.05, 0) is 49.9 Å². The average molecular weight is 371 g/mol. The van der Waals surface area contributed by atoms with Gasteiger partial charge in [-0.1, -0.05) is 0 Å². The summed E-state index contributed by atoms with van der Waals surface area (Å²) in [6.07, 6.45) is 6.34. The molecule has 0 N–H and O–H groups in total. The molecule has 0 bridgehead atoms. The molecule has 0 unspecified atom stereocenters. The fourth-order valence-corrected chi connectivity index (χ4v) is 3.66. The van der Waals surface area contributed by atoms with Crippen LogP contribution in [0.5, 0.6) is 11.6 Å². The van der Waals surface area contributed by atoms with Crippen LogP contribution in [-0.2, 0) is 9.53 Å². The van der Waals surface area contributed by atoms with Crippen LogP contribution in [0.25, 0.3) is 0 Å². The number of hydrogen-bond donors (Lipinski definition) is 0. The molecule has 27 heavy (non-hydrogen) atoms. The van der Waals surface area contributed by atoms with Gasteiger partial charge in [0.05, 0.1) is 0 Å². The Balaban J connectivity index is 1.42. The quantitative estimate of drug-likeness (QED) is 0.825. The molecule has 2 aliphatic rings. The summed E-state index contributed by atoms with van der Waals surface area (Å²) in [5, 5.41) is 0. The van der Waals surface area contributed by atoms with Gasteiger partial charge in [-0.25, -0.2) is 9.37 Å². The number of aromatic nitrogens is 2. The van der Waals surface area contributed by atoms with Crippen LogP contribution in [0.4, 0.5) is 4.39 Å². The highest BCUT2D eigenvalue weighted by Gasteiger charge is 2.32. The minimum absolute atomic E-state index is 0.105. The Kier molecular flexibility index (Phi) is 5.29. The zero-order valence-corrected chi connectivity index (χ0v) is 15.0. The Morgan fingerprint density at radius 1 is 1.11 bits per heavy atom. The summed E-state index contributed by atoms with van der Waals surface area (Å²) in [7, 11) is 0. The van der Waals surface area contributed by atoms with Gasteiger partial charge in [0.1, 0.15) is 23.4 Å². The number of carbonyl (C=O) groups excluding carboxylic acids is 1. The molecule has 2 fully saturated rings. The summed E-state index contributed by atoms with van der Waals surface area (Å²) in [5.41, 5.74) is 0.783. The maximum absolute atomic E-state index is 13.1. The van der Waals surface area contributed by atoms with E-state index in [9.17, 15) is 9.18 Å². The monoisotopic (exact) mass is 371 g/mol. The van der Waals surface area contributed by atoms with Crippen LogP contribution in [-0.4, -0.2) is 46.6 Å². The zero-order chi connectivity index (χ0) is 18.6. The number of likely N-dealkylation sites (tertiary alicyclic amines) is 1. The number of ether oxygens (including phenoxy) is 2. The minimum atomic E-state index is -0.315. The van der Waals surface area contributed by atoms with Crippen molar-refractivity contribution < 1.29 is 18.7 Å². The highest BCUT2D eigenvalue weighted by molar-refractivity contribution is 5.81. The largest absolute Gasteiger partial charge is 0.437 e. The second-order valence-electron chi connectivity index (χ2n) is 6.90. The molecule has 1 aromatic carbocycles. The van der Waals surface area contributed by atoms with E-state index >= 15 is 0 Å². The SMILES string of the molecule is O=C([C@@H]1CCCO1)N1CCC(c2nccnc2Oc2ccc(F)cc2)CC1. The number of carbonyl (C=O) groups is 1. The number of amides is 1. The van der Waals surface area contributed by atoms with E-state index < -0.39 is 0 Å². The Morgan fingerprint density at radius 2 is 1.85 bits per heavy atom. The molecular weight excluding hydrogens is 349 g/mol. The maximum atomic E-state index is 13.1. The fourth-order valence-electron chi connectivity index (χ4n) is 3.66. The lowest BCUT2D eigenvalue weighted by Gasteiger charge is -2.33. The van der Waals surface area contributed by atoms with E-state index in [1.807, 2.05) is 4.90 Å². The molecule has 4 rings (SSSR count). The van der Waals surface area contributed by atoms with Crippen LogP contribution < -0.4 is 4.74 Å². The number of nitrogens with zero attached hydrogens (tertiary/aromatic N) is 3. The van der Waals surface area contributed by atoms with E-state index in [-0.39, 0.29) is 23.7 Å². The minimum Gasteiger partial charge on any atom is -0.437 e. The lowest BCUT2D eigenvalue weighted by Crippen LogP contribution is -2.43. The van der Waals surface area contributed by atoms with Crippen molar-refractivity contribution in [2.75, 3.05) is 19.7 Å². The smallest absolute Gasteiger partial charge is 0.251 e. The van der Waals surface area contributed by atoms with Gasteiger partial charge in [-0.3, -0.25) is 9.78 Å². The number of benzene rings is 1. The predicted octanol–water partition coefficient (Wildman–Crippen LogP) is 3.29. The third kappa shape index (κ3) is 4.08. The first-order chi connectivity index (χ1) is 13.2. The van der Waals surface area contributed by atoms with Crippen LogP contribution >= 0.6 is 0 Å². The van der Waals surface area contributed by atoms with E-state index in [0.29, 0.717) is 31.3 Å². The summed E-state index contributed by atoms with van der Waals surface area (Å²) in [4.78, 5) is 23.2. The van der Waals surface area contributed by atoms with E-state index in [1.165, 1.54) is 12.1 Å². The molecule has 3 heterocycles. The molecule has 2 aromatic rings. The standard InChI is InChI=1S/C20H22FN3O3/c21-15-3-5-16(6-4-15)27-19-18(22-9-10-23-19)14-7-11-24(12-8-14)20(25)17-2-1-13-26-17/h3-6,9-10,14,17H,1-2,7-8,11-13H2/t17-/m0/s1. The number of halogens is 1. The van der Waals surface area contributed by atoms with Gasteiger partial charge in [-0.2, -0.15) is 0 Å². The summed E-state index contributed by atoms with van der Waals surface area (Å²) in [6.45, 7) is 2.03. The van der Waals surface area contributed by atoms with Gasteiger partial charge in [-0.15, -0.1) is 0 Å². The molecule has 0 saturated carbocycles. The van der Waals surface area contributed by atoms with Gasteiger partial charge in [0, 0.05) is 38.0 Å². The van der Waals surface area contributed by atoms with Crippen LogP contribution in [0.2, 0.25) is 0 Å². The molecule has 6 nitrogen and oxygen atoms in total. The van der Waals surface area contributed by atoms with Gasteiger partial charge in [0.15, 0.2) is 0 Å². The predicted molar refractivity (Wildman–Crippen MR) is 96.0 cm³/mol. The molecule has 1 aromatic heterocycles. The highest BCUT2D eigenvalue weighted by Crippen LogP contribution is 2.34. The van der Waals surface area contributed by atoms with Crippen LogP contribution in [0, 0.1) is 5.82 Å². The van der Waals surface area contributed by atoms with Gasteiger partial charge >= 0.3 is 0 Å². The molecule has 0 aliphatic carbocycles. The van der Waals surface area contributed by atoms with E-state index in [0.717, 1.165) is 31.4 Å². The summed E-state index contributed by atoms with van der Waals surface area (Å²) in [5.74, 6) is 0.915. The first kappa shape index (κ1) is 17.9. The first-order valence-electron chi connectivity index (χ1n) is 9.35. The third-order valence-corrected chi connectivity index (χ3v) is 5.12. The van der Waals surface area contributed by atoms with Crippen molar-refractivity contribution in [1.29, 1.82) is 0 Å². The lowest BCUT2D eigenvalue weighted by atomic mass is 9.93. The topological polar surface area (TPSA) is 64.5 Å². The molecule has 7 heteroatoms. The van der Waals surface area contributed by atoms with Crippen molar-refractivity contribution in [2.45, 2.75) is 37.7 Å². The third-order valence-electron chi connectivity index (χ3n) is 5.12. The fraction of sp³-hybridized carbons (Fsp3) is 0.450. The van der Waals surface area contributed by atoms with Crippen LogP contribution in [0.1, 0.15) is 37.3 Å². The van der Waals surface area contributed by atoms with E-state index in [2.05, 4.69) is 9.97 Å². The first-order valence-corrected chi connectivity index (χ1v) is 9.35. The molecule has 1 atom stereocenters. The molecule has 0 radical (unpaired) electrons.